The second-order valence-electron chi connectivity index (χ2n) is 3.91. The third-order valence-corrected chi connectivity index (χ3v) is 2.53. The first-order chi connectivity index (χ1) is 8.61. The fourth-order valence-corrected chi connectivity index (χ4v) is 1.61. The summed E-state index contributed by atoms with van der Waals surface area (Å²) in [6.45, 7) is 1.94. The lowest BCUT2D eigenvalue weighted by Gasteiger charge is -2.13. The molecule has 0 radical (unpaired) electrons. The number of nitriles is 1. The van der Waals surface area contributed by atoms with Crippen LogP contribution in [0.2, 0.25) is 0 Å². The zero-order chi connectivity index (χ0) is 13.1. The van der Waals surface area contributed by atoms with E-state index in [4.69, 9.17) is 11.0 Å². The van der Waals surface area contributed by atoms with Crippen LogP contribution >= 0.6 is 0 Å². The zero-order valence-electron chi connectivity index (χ0n) is 10.1. The van der Waals surface area contributed by atoms with E-state index in [1.165, 1.54) is 0 Å². The van der Waals surface area contributed by atoms with Crippen molar-refractivity contribution in [3.63, 3.8) is 0 Å². The van der Waals surface area contributed by atoms with Gasteiger partial charge in [-0.05, 0) is 19.1 Å². The van der Waals surface area contributed by atoms with E-state index in [0.717, 1.165) is 5.82 Å². The highest BCUT2D eigenvalue weighted by molar-refractivity contribution is 5.54. The smallest absolute Gasteiger partial charge is 0.165 e. The Kier molecular flexibility index (Phi) is 3.10. The molecule has 92 valence electrons. The van der Waals surface area contributed by atoms with Gasteiger partial charge in [0, 0.05) is 7.05 Å². The van der Waals surface area contributed by atoms with Crippen LogP contribution in [0.4, 0.5) is 11.5 Å². The van der Waals surface area contributed by atoms with Gasteiger partial charge in [0.1, 0.15) is 18.2 Å². The summed E-state index contributed by atoms with van der Waals surface area (Å²) in [6.07, 6.45) is 1.63. The maximum Gasteiger partial charge on any atom is 0.165 e. The second-order valence-corrected chi connectivity index (χ2v) is 3.91. The first-order valence-electron chi connectivity index (χ1n) is 5.39. The Hall–Kier alpha value is -2.62. The van der Waals surface area contributed by atoms with E-state index in [2.05, 4.69) is 20.5 Å². The van der Waals surface area contributed by atoms with Crippen LogP contribution in [-0.2, 0) is 7.05 Å². The maximum absolute atomic E-state index is 8.86. The molecule has 7 heteroatoms. The lowest BCUT2D eigenvalue weighted by atomic mass is 10.3. The van der Waals surface area contributed by atoms with Crippen molar-refractivity contribution in [2.45, 2.75) is 13.0 Å². The highest BCUT2D eigenvalue weighted by Crippen LogP contribution is 2.17. The molecule has 1 atom stereocenters. The third-order valence-electron chi connectivity index (χ3n) is 2.53. The first kappa shape index (κ1) is 11.9. The van der Waals surface area contributed by atoms with E-state index < -0.39 is 0 Å². The molecule has 0 amide bonds. The molecule has 2 aromatic rings. The number of nitrogen functional groups attached to an aromatic ring is 1. The van der Waals surface area contributed by atoms with Crippen LogP contribution in [0.1, 0.15) is 24.5 Å². The summed E-state index contributed by atoms with van der Waals surface area (Å²) in [5, 5.41) is 19.8. The monoisotopic (exact) mass is 243 g/mol. The van der Waals surface area contributed by atoms with Gasteiger partial charge in [0.05, 0.1) is 11.7 Å². The highest BCUT2D eigenvalue weighted by atomic mass is 15.3. The number of aryl methyl sites for hydroxylation is 1. The van der Waals surface area contributed by atoms with Crippen molar-refractivity contribution >= 4 is 11.5 Å². The zero-order valence-corrected chi connectivity index (χ0v) is 10.1. The summed E-state index contributed by atoms with van der Waals surface area (Å²) in [5.41, 5.74) is 6.19. The van der Waals surface area contributed by atoms with Crippen molar-refractivity contribution < 1.29 is 0 Å². The van der Waals surface area contributed by atoms with Crippen LogP contribution < -0.4 is 11.1 Å². The first-order valence-corrected chi connectivity index (χ1v) is 5.39. The van der Waals surface area contributed by atoms with Gasteiger partial charge in [-0.1, -0.05) is 0 Å². The lowest BCUT2D eigenvalue weighted by Crippen LogP contribution is -2.13. The van der Waals surface area contributed by atoms with Gasteiger partial charge in [0.2, 0.25) is 0 Å². The van der Waals surface area contributed by atoms with Gasteiger partial charge in [-0.15, -0.1) is 10.2 Å². The van der Waals surface area contributed by atoms with Crippen LogP contribution in [0.15, 0.2) is 18.5 Å². The molecule has 0 aliphatic heterocycles. The average Bonchev–Trinajstić information content (AvgIpc) is 2.78. The Morgan fingerprint density at radius 2 is 2.28 bits per heavy atom. The van der Waals surface area contributed by atoms with Crippen LogP contribution in [0.25, 0.3) is 0 Å². The Morgan fingerprint density at radius 3 is 2.89 bits per heavy atom. The van der Waals surface area contributed by atoms with E-state index in [-0.39, 0.29) is 11.7 Å². The summed E-state index contributed by atoms with van der Waals surface area (Å²) in [4.78, 5) is 4.12. The van der Waals surface area contributed by atoms with Crippen molar-refractivity contribution in [2.75, 3.05) is 11.1 Å². The Morgan fingerprint density at radius 1 is 1.50 bits per heavy atom. The molecular formula is C11H13N7. The van der Waals surface area contributed by atoms with Gasteiger partial charge in [-0.2, -0.15) is 5.26 Å². The van der Waals surface area contributed by atoms with Gasteiger partial charge < -0.3 is 15.6 Å². The molecule has 1 unspecified atom stereocenters. The predicted octanol–water partition coefficient (Wildman–Crippen LogP) is 0.837. The SMILES string of the molecule is CC(Nc1ccc(N)c(C#N)n1)c1nncn1C. The summed E-state index contributed by atoms with van der Waals surface area (Å²) in [7, 11) is 1.87. The van der Waals surface area contributed by atoms with Crippen molar-refractivity contribution in [1.82, 2.24) is 19.7 Å². The minimum atomic E-state index is -0.0693. The molecule has 0 fully saturated rings. The molecular weight excluding hydrogens is 230 g/mol. The number of nitrogens with two attached hydrogens (primary N) is 1. The molecule has 18 heavy (non-hydrogen) atoms. The van der Waals surface area contributed by atoms with Gasteiger partial charge in [-0.25, -0.2) is 4.98 Å². The summed E-state index contributed by atoms with van der Waals surface area (Å²) in [6, 6.07) is 5.25. The second kappa shape index (κ2) is 4.71. The van der Waals surface area contributed by atoms with Crippen LogP contribution in [0.5, 0.6) is 0 Å². The number of aromatic nitrogens is 4. The number of rotatable bonds is 3. The molecule has 2 rings (SSSR count). The largest absolute Gasteiger partial charge is 0.396 e. The molecule has 2 aromatic heterocycles. The van der Waals surface area contributed by atoms with E-state index in [0.29, 0.717) is 11.5 Å². The molecule has 0 saturated heterocycles. The summed E-state index contributed by atoms with van der Waals surface area (Å²) >= 11 is 0. The van der Waals surface area contributed by atoms with E-state index in [1.54, 1.807) is 18.5 Å². The van der Waals surface area contributed by atoms with Crippen molar-refractivity contribution in [3.05, 3.63) is 30.0 Å². The Bertz CT molecular complexity index is 596. The number of nitrogens with one attached hydrogen (secondary N) is 1. The number of nitrogens with zero attached hydrogens (tertiary/aromatic N) is 5. The van der Waals surface area contributed by atoms with Crippen LogP contribution in [0, 0.1) is 11.3 Å². The molecule has 0 aromatic carbocycles. The fraction of sp³-hybridized carbons (Fsp3) is 0.273. The predicted molar refractivity (Wildman–Crippen MR) is 66.4 cm³/mol. The number of anilines is 2. The Balaban J connectivity index is 2.20. The van der Waals surface area contributed by atoms with Crippen LogP contribution in [-0.4, -0.2) is 19.7 Å². The van der Waals surface area contributed by atoms with E-state index >= 15 is 0 Å². The van der Waals surface area contributed by atoms with Crippen LogP contribution in [0.3, 0.4) is 0 Å². The standard InChI is InChI=1S/C11H13N7/c1-7(11-17-14-6-18(11)2)15-10-4-3-8(13)9(5-12)16-10/h3-4,6-7H,13H2,1-2H3,(H,15,16). The number of hydrogen-bond donors (Lipinski definition) is 2. The maximum atomic E-state index is 8.86. The molecule has 0 bridgehead atoms. The minimum Gasteiger partial charge on any atom is -0.396 e. The van der Waals surface area contributed by atoms with Gasteiger partial charge in [0.15, 0.2) is 11.5 Å². The number of hydrogen-bond acceptors (Lipinski definition) is 6. The minimum absolute atomic E-state index is 0.0693. The average molecular weight is 243 g/mol. The Labute approximate surface area is 104 Å². The van der Waals surface area contributed by atoms with Gasteiger partial charge >= 0.3 is 0 Å². The summed E-state index contributed by atoms with van der Waals surface area (Å²) in [5.74, 6) is 1.36. The van der Waals surface area contributed by atoms with Crippen molar-refractivity contribution in [1.29, 1.82) is 5.26 Å². The summed E-state index contributed by atoms with van der Waals surface area (Å²) < 4.78 is 1.82. The lowest BCUT2D eigenvalue weighted by molar-refractivity contribution is 0.716. The molecule has 0 aliphatic rings. The van der Waals surface area contributed by atoms with Gasteiger partial charge in [-0.3, -0.25) is 0 Å². The highest BCUT2D eigenvalue weighted by Gasteiger charge is 2.12. The van der Waals surface area contributed by atoms with E-state index in [1.807, 2.05) is 24.6 Å². The molecule has 0 spiro atoms. The molecule has 2 heterocycles. The normalized spacial score (nSPS) is 11.8. The number of pyridine rings is 1. The third kappa shape index (κ3) is 2.22. The van der Waals surface area contributed by atoms with Crippen molar-refractivity contribution in [2.24, 2.45) is 7.05 Å². The molecule has 0 aliphatic carbocycles. The van der Waals surface area contributed by atoms with Gasteiger partial charge in [0.25, 0.3) is 0 Å². The topological polar surface area (TPSA) is 105 Å². The fourth-order valence-electron chi connectivity index (χ4n) is 1.61. The quantitative estimate of drug-likeness (QED) is 0.827. The molecule has 0 saturated carbocycles. The molecule has 7 nitrogen and oxygen atoms in total. The van der Waals surface area contributed by atoms with Crippen molar-refractivity contribution in [3.8, 4) is 6.07 Å². The molecule has 3 N–H and O–H groups in total. The van der Waals surface area contributed by atoms with E-state index in [9.17, 15) is 0 Å².